The largest absolute Gasteiger partial charge is 0.256 e. The summed E-state index contributed by atoms with van der Waals surface area (Å²) < 4.78 is 0. The third kappa shape index (κ3) is 7.27. The van der Waals surface area contributed by atoms with Crippen molar-refractivity contribution in [3.63, 3.8) is 0 Å². The molecule has 2 heterocycles. The molecule has 0 atom stereocenters. The molecule has 2 heteroatoms. The molecular formula is C40H36N2. The van der Waals surface area contributed by atoms with E-state index < -0.39 is 0 Å². The molecule has 4 aromatic carbocycles. The van der Waals surface area contributed by atoms with Gasteiger partial charge in [-0.25, -0.2) is 0 Å². The SMILES string of the molecule is c1ccc(CCc2ccc(CCc3ccc(-c4ccccc4)nc3)c(CCc3ccc(-c4ccccc4)nc3)c2)cc1. The minimum Gasteiger partial charge on any atom is -0.256 e. The number of hydrogen-bond donors (Lipinski definition) is 0. The Morgan fingerprint density at radius 3 is 1.31 bits per heavy atom. The van der Waals surface area contributed by atoms with Crippen LogP contribution in [0.2, 0.25) is 0 Å². The zero-order valence-electron chi connectivity index (χ0n) is 24.0. The van der Waals surface area contributed by atoms with Gasteiger partial charge in [-0.15, -0.1) is 0 Å². The number of aryl methyl sites for hydroxylation is 6. The lowest BCUT2D eigenvalue weighted by atomic mass is 9.92. The molecule has 2 nitrogen and oxygen atoms in total. The van der Waals surface area contributed by atoms with E-state index in [0.717, 1.165) is 61.0 Å². The highest BCUT2D eigenvalue weighted by Crippen LogP contribution is 2.22. The van der Waals surface area contributed by atoms with Gasteiger partial charge in [0.15, 0.2) is 0 Å². The van der Waals surface area contributed by atoms with E-state index in [2.05, 4.69) is 121 Å². The lowest BCUT2D eigenvalue weighted by molar-refractivity contribution is 0.877. The van der Waals surface area contributed by atoms with Gasteiger partial charge in [0.1, 0.15) is 0 Å². The molecule has 42 heavy (non-hydrogen) atoms. The van der Waals surface area contributed by atoms with Gasteiger partial charge in [0.25, 0.3) is 0 Å². The predicted octanol–water partition coefficient (Wildman–Crippen LogP) is 9.17. The van der Waals surface area contributed by atoms with E-state index in [1.165, 1.54) is 33.4 Å². The molecular weight excluding hydrogens is 508 g/mol. The van der Waals surface area contributed by atoms with Crippen molar-refractivity contribution in [3.05, 3.63) is 179 Å². The van der Waals surface area contributed by atoms with Crippen LogP contribution in [0.4, 0.5) is 0 Å². The molecule has 0 aliphatic heterocycles. The van der Waals surface area contributed by atoms with Crippen molar-refractivity contribution in [3.8, 4) is 22.5 Å². The summed E-state index contributed by atoms with van der Waals surface area (Å²) >= 11 is 0. The lowest BCUT2D eigenvalue weighted by Gasteiger charge is -2.13. The summed E-state index contributed by atoms with van der Waals surface area (Å²) in [5.74, 6) is 0. The van der Waals surface area contributed by atoms with Gasteiger partial charge in [-0.05, 0) is 84.0 Å². The Morgan fingerprint density at radius 1 is 0.333 bits per heavy atom. The van der Waals surface area contributed by atoms with E-state index in [-0.39, 0.29) is 0 Å². The Bertz CT molecular complexity index is 1680. The van der Waals surface area contributed by atoms with E-state index in [4.69, 9.17) is 9.97 Å². The third-order valence-corrected chi connectivity index (χ3v) is 7.97. The van der Waals surface area contributed by atoms with Crippen LogP contribution in [0.3, 0.4) is 0 Å². The molecule has 0 aliphatic rings. The van der Waals surface area contributed by atoms with E-state index in [9.17, 15) is 0 Å². The number of pyridine rings is 2. The maximum Gasteiger partial charge on any atom is 0.0702 e. The Balaban J connectivity index is 1.16. The molecule has 0 saturated carbocycles. The minimum atomic E-state index is 0.977. The molecule has 0 aliphatic carbocycles. The van der Waals surface area contributed by atoms with Crippen molar-refractivity contribution in [1.82, 2.24) is 9.97 Å². The molecule has 0 radical (unpaired) electrons. The van der Waals surface area contributed by atoms with Gasteiger partial charge in [-0.3, -0.25) is 9.97 Å². The second-order valence-corrected chi connectivity index (χ2v) is 10.9. The molecule has 0 fully saturated rings. The Hall–Kier alpha value is -4.82. The third-order valence-electron chi connectivity index (χ3n) is 7.97. The molecule has 6 aromatic rings. The van der Waals surface area contributed by atoms with Crippen molar-refractivity contribution in [2.75, 3.05) is 0 Å². The fraction of sp³-hybridized carbons (Fsp3) is 0.150. The number of aromatic nitrogens is 2. The summed E-state index contributed by atoms with van der Waals surface area (Å²) in [5.41, 5.74) is 12.6. The summed E-state index contributed by atoms with van der Waals surface area (Å²) in [6.07, 6.45) is 10.2. The standard InChI is InChI=1S/C40H36N2/c1-4-10-31(11-5-1)16-17-32-18-23-35(24-19-33-21-26-39(41-29-33)36-12-6-2-7-13-36)38(28-32)25-20-34-22-27-40(42-30-34)37-14-8-3-9-15-37/h1-15,18,21-23,26-30H,16-17,19-20,24-25H2. The van der Waals surface area contributed by atoms with Crippen molar-refractivity contribution in [2.45, 2.75) is 38.5 Å². The smallest absolute Gasteiger partial charge is 0.0702 e. The number of benzene rings is 4. The van der Waals surface area contributed by atoms with Crippen molar-refractivity contribution in [2.24, 2.45) is 0 Å². The second-order valence-electron chi connectivity index (χ2n) is 10.9. The van der Waals surface area contributed by atoms with Gasteiger partial charge >= 0.3 is 0 Å². The highest BCUT2D eigenvalue weighted by atomic mass is 14.7. The zero-order chi connectivity index (χ0) is 28.4. The molecule has 0 saturated heterocycles. The van der Waals surface area contributed by atoms with Crippen LogP contribution < -0.4 is 0 Å². The topological polar surface area (TPSA) is 25.8 Å². The Labute approximate surface area is 249 Å². The van der Waals surface area contributed by atoms with Gasteiger partial charge < -0.3 is 0 Å². The monoisotopic (exact) mass is 544 g/mol. The number of hydrogen-bond acceptors (Lipinski definition) is 2. The molecule has 0 spiro atoms. The van der Waals surface area contributed by atoms with Gasteiger partial charge in [0.05, 0.1) is 11.4 Å². The summed E-state index contributed by atoms with van der Waals surface area (Å²) in [5, 5.41) is 0. The molecule has 0 amide bonds. The maximum absolute atomic E-state index is 4.76. The fourth-order valence-electron chi connectivity index (χ4n) is 5.51. The Kier molecular flexibility index (Phi) is 8.92. The van der Waals surface area contributed by atoms with Gasteiger partial charge in [0, 0.05) is 23.5 Å². The van der Waals surface area contributed by atoms with Crippen LogP contribution in [0.1, 0.15) is 33.4 Å². The van der Waals surface area contributed by atoms with Crippen LogP contribution in [-0.4, -0.2) is 9.97 Å². The molecule has 0 unspecified atom stereocenters. The van der Waals surface area contributed by atoms with Crippen molar-refractivity contribution >= 4 is 0 Å². The lowest BCUT2D eigenvalue weighted by Crippen LogP contribution is -2.02. The normalized spacial score (nSPS) is 11.0. The molecule has 2 aromatic heterocycles. The Morgan fingerprint density at radius 2 is 0.786 bits per heavy atom. The van der Waals surface area contributed by atoms with Crippen LogP contribution in [-0.2, 0) is 38.5 Å². The second kappa shape index (κ2) is 13.7. The van der Waals surface area contributed by atoms with E-state index in [0.29, 0.717) is 0 Å². The van der Waals surface area contributed by atoms with Gasteiger partial charge in [-0.1, -0.05) is 121 Å². The summed E-state index contributed by atoms with van der Waals surface area (Å²) in [7, 11) is 0. The highest BCUT2D eigenvalue weighted by Gasteiger charge is 2.08. The molecule has 0 N–H and O–H groups in total. The van der Waals surface area contributed by atoms with Crippen LogP contribution in [0.25, 0.3) is 22.5 Å². The average Bonchev–Trinajstić information content (AvgIpc) is 3.07. The molecule has 0 bridgehead atoms. The summed E-state index contributed by atoms with van der Waals surface area (Å²) in [4.78, 5) is 9.51. The van der Waals surface area contributed by atoms with Crippen LogP contribution in [0.5, 0.6) is 0 Å². The van der Waals surface area contributed by atoms with E-state index in [1.54, 1.807) is 0 Å². The fourth-order valence-corrected chi connectivity index (χ4v) is 5.51. The highest BCUT2D eigenvalue weighted by molar-refractivity contribution is 5.59. The predicted molar refractivity (Wildman–Crippen MR) is 174 cm³/mol. The first kappa shape index (κ1) is 27.4. The first-order valence-electron chi connectivity index (χ1n) is 15.0. The maximum atomic E-state index is 4.76. The van der Waals surface area contributed by atoms with Crippen LogP contribution >= 0.6 is 0 Å². The quantitative estimate of drug-likeness (QED) is 0.162. The zero-order valence-corrected chi connectivity index (χ0v) is 24.0. The number of nitrogens with zero attached hydrogens (tertiary/aromatic N) is 2. The van der Waals surface area contributed by atoms with Crippen molar-refractivity contribution < 1.29 is 0 Å². The van der Waals surface area contributed by atoms with Gasteiger partial charge in [-0.2, -0.15) is 0 Å². The van der Waals surface area contributed by atoms with Crippen LogP contribution in [0, 0.1) is 0 Å². The van der Waals surface area contributed by atoms with E-state index >= 15 is 0 Å². The average molecular weight is 545 g/mol. The molecule has 206 valence electrons. The van der Waals surface area contributed by atoms with E-state index in [1.807, 2.05) is 24.5 Å². The first-order chi connectivity index (χ1) is 20.8. The minimum absolute atomic E-state index is 0.977. The summed E-state index contributed by atoms with van der Waals surface area (Å²) in [6, 6.07) is 47.4. The van der Waals surface area contributed by atoms with Crippen LogP contribution in [0.15, 0.2) is 146 Å². The molecule has 6 rings (SSSR count). The first-order valence-corrected chi connectivity index (χ1v) is 15.0. The number of rotatable bonds is 11. The summed E-state index contributed by atoms with van der Waals surface area (Å²) in [6.45, 7) is 0. The van der Waals surface area contributed by atoms with Crippen molar-refractivity contribution in [1.29, 1.82) is 0 Å². The van der Waals surface area contributed by atoms with Gasteiger partial charge in [0.2, 0.25) is 0 Å².